The molecule has 0 bridgehead atoms. The van der Waals surface area contributed by atoms with E-state index >= 15 is 0 Å². The van der Waals surface area contributed by atoms with Crippen molar-refractivity contribution in [1.29, 1.82) is 0 Å². The zero-order valence-corrected chi connectivity index (χ0v) is 16.2. The summed E-state index contributed by atoms with van der Waals surface area (Å²) in [5.41, 5.74) is 7.14. The Morgan fingerprint density at radius 1 is 1.27 bits per heavy atom. The Labute approximate surface area is 153 Å². The molecule has 0 unspecified atom stereocenters. The summed E-state index contributed by atoms with van der Waals surface area (Å²) in [5, 5.41) is 0. The Morgan fingerprint density at radius 3 is 2.64 bits per heavy atom. The fourth-order valence-corrected chi connectivity index (χ4v) is 3.16. The van der Waals surface area contributed by atoms with Gasteiger partial charge in [0, 0.05) is 31.1 Å². The first-order valence-corrected chi connectivity index (χ1v) is 8.23. The number of ether oxygens (including phenoxy) is 2. The first kappa shape index (κ1) is 19.2. The quantitative estimate of drug-likeness (QED) is 0.435. The van der Waals surface area contributed by atoms with Crippen LogP contribution >= 0.6 is 35.7 Å². The highest BCUT2D eigenvalue weighted by Gasteiger charge is 2.12. The fraction of sp³-hybridized carbons (Fsp3) is 0.533. The molecule has 0 atom stereocenters. The molecule has 0 radical (unpaired) electrons. The average molecular weight is 437 g/mol. The van der Waals surface area contributed by atoms with Crippen molar-refractivity contribution in [3.05, 3.63) is 23.8 Å². The summed E-state index contributed by atoms with van der Waals surface area (Å²) in [6.45, 7) is 2.63. The highest BCUT2D eigenvalue weighted by Crippen LogP contribution is 2.24. The Kier molecular flexibility index (Phi) is 8.77. The molecule has 5 nitrogen and oxygen atoms in total. The number of nitrogens with two attached hydrogens (primary N) is 1. The van der Waals surface area contributed by atoms with Gasteiger partial charge in [-0.1, -0.05) is 0 Å². The number of rotatable bonds is 5. The van der Waals surface area contributed by atoms with E-state index in [2.05, 4.69) is 9.89 Å². The Balaban J connectivity index is 0.00000242. The molecule has 1 aromatic carbocycles. The van der Waals surface area contributed by atoms with Crippen molar-refractivity contribution in [3.8, 4) is 11.5 Å². The van der Waals surface area contributed by atoms with Crippen LogP contribution in [0.5, 0.6) is 11.5 Å². The van der Waals surface area contributed by atoms with Crippen LogP contribution in [-0.2, 0) is 6.42 Å². The lowest BCUT2D eigenvalue weighted by atomic mass is 10.1. The van der Waals surface area contributed by atoms with Crippen LogP contribution in [0.4, 0.5) is 0 Å². The van der Waals surface area contributed by atoms with Gasteiger partial charge in [0.25, 0.3) is 0 Å². The minimum absolute atomic E-state index is 0. The maximum atomic E-state index is 6.05. The lowest BCUT2D eigenvalue weighted by molar-refractivity contribution is 0.398. The predicted molar refractivity (Wildman–Crippen MR) is 104 cm³/mol. The summed E-state index contributed by atoms with van der Waals surface area (Å²) in [5.74, 6) is 4.59. The molecule has 1 heterocycles. The number of nitrogens with zero attached hydrogens (tertiary/aromatic N) is 2. The van der Waals surface area contributed by atoms with Gasteiger partial charge in [-0.25, -0.2) is 0 Å². The number of methoxy groups -OCH3 is 2. The molecule has 1 fully saturated rings. The van der Waals surface area contributed by atoms with Crippen LogP contribution in [-0.4, -0.2) is 56.2 Å². The third-order valence-electron chi connectivity index (χ3n) is 3.48. The molecule has 124 valence electrons. The van der Waals surface area contributed by atoms with Crippen molar-refractivity contribution in [2.45, 2.75) is 6.42 Å². The van der Waals surface area contributed by atoms with Gasteiger partial charge in [-0.05, 0) is 30.2 Å². The second-order valence-electron chi connectivity index (χ2n) is 4.77. The van der Waals surface area contributed by atoms with E-state index < -0.39 is 0 Å². The summed E-state index contributed by atoms with van der Waals surface area (Å²) in [6.07, 6.45) is 0.781. The van der Waals surface area contributed by atoms with Gasteiger partial charge in [-0.2, -0.15) is 11.8 Å². The summed E-state index contributed by atoms with van der Waals surface area (Å²) in [4.78, 5) is 6.64. The molecule has 1 aliphatic heterocycles. The molecular weight excluding hydrogens is 413 g/mol. The van der Waals surface area contributed by atoms with E-state index in [9.17, 15) is 0 Å². The Bertz CT molecular complexity index is 494. The SMILES string of the molecule is COc1ccc(OC)c(CCN=C(N)N2CCSCC2)c1.I. The smallest absolute Gasteiger partial charge is 0.191 e. The number of hydrogen-bond acceptors (Lipinski definition) is 4. The van der Waals surface area contributed by atoms with Crippen LogP contribution in [0, 0.1) is 0 Å². The Morgan fingerprint density at radius 2 is 2.00 bits per heavy atom. The normalized spacial score (nSPS) is 15.2. The van der Waals surface area contributed by atoms with E-state index in [1.165, 1.54) is 0 Å². The summed E-state index contributed by atoms with van der Waals surface area (Å²) in [6, 6.07) is 5.80. The van der Waals surface area contributed by atoms with Gasteiger partial charge >= 0.3 is 0 Å². The summed E-state index contributed by atoms with van der Waals surface area (Å²) >= 11 is 1.96. The first-order valence-electron chi connectivity index (χ1n) is 7.08. The second kappa shape index (κ2) is 10.0. The Hall–Kier alpha value is -0.830. The topological polar surface area (TPSA) is 60.1 Å². The van der Waals surface area contributed by atoms with Gasteiger partial charge in [0.15, 0.2) is 5.96 Å². The molecule has 1 aliphatic rings. The molecule has 0 amide bonds. The molecule has 0 spiro atoms. The van der Waals surface area contributed by atoms with Gasteiger partial charge in [0.2, 0.25) is 0 Å². The van der Waals surface area contributed by atoms with Gasteiger partial charge in [-0.15, -0.1) is 24.0 Å². The van der Waals surface area contributed by atoms with Crippen LogP contribution in [0.15, 0.2) is 23.2 Å². The molecular formula is C15H24IN3O2S. The minimum atomic E-state index is 0. The zero-order valence-electron chi connectivity index (χ0n) is 13.1. The number of hydrogen-bond donors (Lipinski definition) is 1. The van der Waals surface area contributed by atoms with Gasteiger partial charge < -0.3 is 20.1 Å². The molecule has 0 saturated carbocycles. The molecule has 7 heteroatoms. The molecule has 1 saturated heterocycles. The van der Waals surface area contributed by atoms with Crippen LogP contribution < -0.4 is 15.2 Å². The van der Waals surface area contributed by atoms with E-state index in [4.69, 9.17) is 15.2 Å². The van der Waals surface area contributed by atoms with Gasteiger partial charge in [-0.3, -0.25) is 4.99 Å². The van der Waals surface area contributed by atoms with Crippen LogP contribution in [0.2, 0.25) is 0 Å². The van der Waals surface area contributed by atoms with E-state index in [1.54, 1.807) is 14.2 Å². The fourth-order valence-electron chi connectivity index (χ4n) is 2.26. The maximum Gasteiger partial charge on any atom is 0.191 e. The number of aliphatic imine (C=N–C) groups is 1. The van der Waals surface area contributed by atoms with E-state index in [0.29, 0.717) is 12.5 Å². The first-order chi connectivity index (χ1) is 10.2. The van der Waals surface area contributed by atoms with Gasteiger partial charge in [0.05, 0.1) is 14.2 Å². The lowest BCUT2D eigenvalue weighted by Crippen LogP contribution is -2.42. The molecule has 0 aliphatic carbocycles. The largest absolute Gasteiger partial charge is 0.497 e. The lowest BCUT2D eigenvalue weighted by Gasteiger charge is -2.27. The monoisotopic (exact) mass is 437 g/mol. The van der Waals surface area contributed by atoms with Crippen molar-refractivity contribution >= 4 is 41.7 Å². The van der Waals surface area contributed by atoms with Crippen LogP contribution in [0.1, 0.15) is 5.56 Å². The predicted octanol–water partition coefficient (Wildman–Crippen LogP) is 2.23. The average Bonchev–Trinajstić information content (AvgIpc) is 2.55. The summed E-state index contributed by atoms with van der Waals surface area (Å²) in [7, 11) is 3.34. The molecule has 2 N–H and O–H groups in total. The van der Waals surface area contributed by atoms with Crippen molar-refractivity contribution in [1.82, 2.24) is 4.90 Å². The number of thioether (sulfide) groups is 1. The number of halogens is 1. The highest BCUT2D eigenvalue weighted by molar-refractivity contribution is 14.0. The van der Waals surface area contributed by atoms with E-state index in [-0.39, 0.29) is 24.0 Å². The molecule has 1 aromatic rings. The third kappa shape index (κ3) is 5.42. The number of benzene rings is 1. The van der Waals surface area contributed by atoms with Gasteiger partial charge in [0.1, 0.15) is 11.5 Å². The maximum absolute atomic E-state index is 6.05. The van der Waals surface area contributed by atoms with Crippen molar-refractivity contribution < 1.29 is 9.47 Å². The minimum Gasteiger partial charge on any atom is -0.497 e. The molecule has 0 aromatic heterocycles. The van der Waals surface area contributed by atoms with E-state index in [1.807, 2.05) is 30.0 Å². The number of guanidine groups is 1. The summed E-state index contributed by atoms with van der Waals surface area (Å²) < 4.78 is 10.6. The molecule has 2 rings (SSSR count). The van der Waals surface area contributed by atoms with Crippen LogP contribution in [0.25, 0.3) is 0 Å². The van der Waals surface area contributed by atoms with Crippen LogP contribution in [0.3, 0.4) is 0 Å². The second-order valence-corrected chi connectivity index (χ2v) is 5.99. The standard InChI is InChI=1S/C15H23N3O2S.HI/c1-19-13-3-4-14(20-2)12(11-13)5-6-17-15(16)18-7-9-21-10-8-18;/h3-4,11H,5-10H2,1-2H3,(H2,16,17);1H. The molecule has 22 heavy (non-hydrogen) atoms. The highest BCUT2D eigenvalue weighted by atomic mass is 127. The van der Waals surface area contributed by atoms with E-state index in [0.717, 1.165) is 48.1 Å². The van der Waals surface area contributed by atoms with Crippen molar-refractivity contribution in [2.75, 3.05) is 45.4 Å². The van der Waals surface area contributed by atoms with Crippen molar-refractivity contribution in [2.24, 2.45) is 10.7 Å². The zero-order chi connectivity index (χ0) is 15.1. The third-order valence-corrected chi connectivity index (χ3v) is 4.42. The van der Waals surface area contributed by atoms with Crippen molar-refractivity contribution in [3.63, 3.8) is 0 Å².